The fourth-order valence-electron chi connectivity index (χ4n) is 1.74. The van der Waals surface area contributed by atoms with Crippen LogP contribution in [0.2, 0.25) is 5.02 Å². The number of oxazole rings is 1. The maximum atomic E-state index is 11.6. The molecule has 0 unspecified atom stereocenters. The second-order valence-corrected chi connectivity index (χ2v) is 4.59. The molecule has 1 heterocycles. The van der Waals surface area contributed by atoms with Gasteiger partial charge in [-0.05, 0) is 30.7 Å². The number of carbonyl (C=O) groups is 1. The van der Waals surface area contributed by atoms with Gasteiger partial charge in [0.2, 0.25) is 11.7 Å². The average molecular weight is 296 g/mol. The summed E-state index contributed by atoms with van der Waals surface area (Å²) in [4.78, 5) is 15.9. The van der Waals surface area contributed by atoms with Gasteiger partial charge in [-0.15, -0.1) is 0 Å². The normalized spacial score (nSPS) is 10.6. The highest BCUT2D eigenvalue weighted by Gasteiger charge is 2.21. The lowest BCUT2D eigenvalue weighted by Crippen LogP contribution is -2.04. The Hall–Kier alpha value is -1.85. The highest BCUT2D eigenvalue weighted by atomic mass is 35.5. The summed E-state index contributed by atoms with van der Waals surface area (Å²) in [6.45, 7) is 2.05. The Kier molecular flexibility index (Phi) is 4.42. The lowest BCUT2D eigenvalue weighted by molar-refractivity contribution is 0.0559. The molecule has 2 aromatic rings. The molecule has 0 saturated carbocycles. The number of hydrogen-bond acceptors (Lipinski definition) is 5. The number of benzene rings is 1. The highest BCUT2D eigenvalue weighted by molar-refractivity contribution is 6.31. The van der Waals surface area contributed by atoms with Gasteiger partial charge < -0.3 is 13.9 Å². The van der Waals surface area contributed by atoms with Crippen molar-refractivity contribution in [1.82, 2.24) is 4.98 Å². The molecule has 0 fully saturated rings. The highest BCUT2D eigenvalue weighted by Crippen LogP contribution is 2.26. The number of halogens is 1. The lowest BCUT2D eigenvalue weighted by atomic mass is 10.1. The second kappa shape index (κ2) is 6.07. The predicted molar refractivity (Wildman–Crippen MR) is 73.7 cm³/mol. The lowest BCUT2D eigenvalue weighted by Gasteiger charge is -1.99. The molecule has 1 aromatic heterocycles. The molecule has 0 aliphatic carbocycles. The molecular formula is C14H14ClNO4. The Morgan fingerprint density at radius 2 is 2.15 bits per heavy atom. The van der Waals surface area contributed by atoms with Crippen LogP contribution in [0.15, 0.2) is 22.6 Å². The van der Waals surface area contributed by atoms with Gasteiger partial charge in [-0.3, -0.25) is 0 Å². The zero-order valence-corrected chi connectivity index (χ0v) is 12.2. The van der Waals surface area contributed by atoms with Crippen LogP contribution in [0.5, 0.6) is 0 Å². The van der Waals surface area contributed by atoms with E-state index in [0.29, 0.717) is 16.6 Å². The minimum atomic E-state index is -0.582. The van der Waals surface area contributed by atoms with Gasteiger partial charge >= 0.3 is 5.97 Å². The summed E-state index contributed by atoms with van der Waals surface area (Å²) in [6, 6.07) is 5.37. The quantitative estimate of drug-likeness (QED) is 0.810. The molecule has 0 saturated heterocycles. The topological polar surface area (TPSA) is 61.6 Å². The minimum Gasteiger partial charge on any atom is -0.463 e. The number of esters is 1. The van der Waals surface area contributed by atoms with E-state index in [0.717, 1.165) is 11.1 Å². The van der Waals surface area contributed by atoms with Gasteiger partial charge in [0.15, 0.2) is 0 Å². The second-order valence-electron chi connectivity index (χ2n) is 4.18. The number of aryl methyl sites for hydroxylation is 1. The third kappa shape index (κ3) is 2.84. The number of methoxy groups -OCH3 is 2. The summed E-state index contributed by atoms with van der Waals surface area (Å²) in [5, 5.41) is 0.658. The summed E-state index contributed by atoms with van der Waals surface area (Å²) in [7, 11) is 2.80. The zero-order chi connectivity index (χ0) is 14.7. The number of aromatic nitrogens is 1. The first kappa shape index (κ1) is 14.6. The Bertz CT molecular complexity index is 636. The molecule has 0 aliphatic rings. The van der Waals surface area contributed by atoms with Gasteiger partial charge in [0, 0.05) is 17.7 Å². The molecule has 1 aromatic carbocycles. The van der Waals surface area contributed by atoms with Crippen molar-refractivity contribution < 1.29 is 18.7 Å². The first-order valence-electron chi connectivity index (χ1n) is 5.90. The van der Waals surface area contributed by atoms with Crippen LogP contribution in [0.3, 0.4) is 0 Å². The van der Waals surface area contributed by atoms with E-state index in [2.05, 4.69) is 9.72 Å². The fourth-order valence-corrected chi connectivity index (χ4v) is 1.86. The number of carbonyl (C=O) groups excluding carboxylic acids is 1. The number of hydrogen-bond donors (Lipinski definition) is 0. The Labute approximate surface area is 121 Å². The molecule has 20 heavy (non-hydrogen) atoms. The van der Waals surface area contributed by atoms with Gasteiger partial charge in [-0.25, -0.2) is 9.78 Å². The van der Waals surface area contributed by atoms with Crippen LogP contribution in [-0.4, -0.2) is 25.2 Å². The van der Waals surface area contributed by atoms with Crippen LogP contribution >= 0.6 is 11.6 Å². The Morgan fingerprint density at radius 3 is 2.75 bits per heavy atom. The van der Waals surface area contributed by atoms with Gasteiger partial charge in [0.05, 0.1) is 13.7 Å². The van der Waals surface area contributed by atoms with Crippen molar-refractivity contribution in [3.05, 3.63) is 40.2 Å². The number of ether oxygens (including phenoxy) is 2. The summed E-state index contributed by atoms with van der Waals surface area (Å²) >= 11 is 5.98. The molecule has 0 atom stereocenters. The summed E-state index contributed by atoms with van der Waals surface area (Å²) in [5.41, 5.74) is 2.04. The van der Waals surface area contributed by atoms with Crippen LogP contribution in [0, 0.1) is 6.92 Å². The van der Waals surface area contributed by atoms with Gasteiger partial charge in [0.25, 0.3) is 0 Å². The minimum absolute atomic E-state index is 0.0527. The standard InChI is InChI=1S/C14H14ClNO4/c1-8-6-9(4-5-10(8)15)13-16-11(7-18-2)12(20-13)14(17)19-3/h4-6H,7H2,1-3H3. The maximum Gasteiger partial charge on any atom is 0.376 e. The van der Waals surface area contributed by atoms with E-state index in [-0.39, 0.29) is 12.4 Å². The fraction of sp³-hybridized carbons (Fsp3) is 0.286. The van der Waals surface area contributed by atoms with Crippen LogP contribution in [0.25, 0.3) is 11.5 Å². The molecule has 0 N–H and O–H groups in total. The van der Waals surface area contributed by atoms with Crippen molar-refractivity contribution in [3.63, 3.8) is 0 Å². The first-order valence-corrected chi connectivity index (χ1v) is 6.28. The molecule has 5 nitrogen and oxygen atoms in total. The van der Waals surface area contributed by atoms with Gasteiger partial charge in [-0.1, -0.05) is 11.6 Å². The predicted octanol–water partition coefficient (Wildman–Crippen LogP) is 3.24. The van der Waals surface area contributed by atoms with E-state index in [1.165, 1.54) is 14.2 Å². The smallest absolute Gasteiger partial charge is 0.376 e. The molecule has 106 valence electrons. The van der Waals surface area contributed by atoms with Gasteiger partial charge in [-0.2, -0.15) is 0 Å². The maximum absolute atomic E-state index is 11.6. The van der Waals surface area contributed by atoms with Crippen LogP contribution in [0.1, 0.15) is 21.8 Å². The van der Waals surface area contributed by atoms with Crippen LogP contribution in [-0.2, 0) is 16.1 Å². The molecule has 2 rings (SSSR count). The van der Waals surface area contributed by atoms with Crippen molar-refractivity contribution in [1.29, 1.82) is 0 Å². The van der Waals surface area contributed by atoms with E-state index in [1.807, 2.05) is 13.0 Å². The zero-order valence-electron chi connectivity index (χ0n) is 11.4. The molecule has 0 spiro atoms. The molecule has 0 aliphatic heterocycles. The molecule has 0 radical (unpaired) electrons. The summed E-state index contributed by atoms with van der Waals surface area (Å²) < 4.78 is 15.2. The van der Waals surface area contributed by atoms with Crippen molar-refractivity contribution in [2.24, 2.45) is 0 Å². The van der Waals surface area contributed by atoms with Crippen molar-refractivity contribution in [2.45, 2.75) is 13.5 Å². The van der Waals surface area contributed by atoms with Crippen molar-refractivity contribution >= 4 is 17.6 Å². The summed E-state index contributed by atoms with van der Waals surface area (Å²) in [5.74, 6) is -0.198. The van der Waals surface area contributed by atoms with E-state index >= 15 is 0 Å². The summed E-state index contributed by atoms with van der Waals surface area (Å²) in [6.07, 6.45) is 0. The third-order valence-electron chi connectivity index (χ3n) is 2.75. The largest absolute Gasteiger partial charge is 0.463 e. The monoisotopic (exact) mass is 295 g/mol. The molecule has 6 heteroatoms. The van der Waals surface area contributed by atoms with E-state index in [1.54, 1.807) is 12.1 Å². The van der Waals surface area contributed by atoms with E-state index in [9.17, 15) is 4.79 Å². The molecule has 0 bridgehead atoms. The third-order valence-corrected chi connectivity index (χ3v) is 3.18. The van der Waals surface area contributed by atoms with Crippen LogP contribution in [0.4, 0.5) is 0 Å². The SMILES string of the molecule is COCc1nc(-c2ccc(Cl)c(C)c2)oc1C(=O)OC. The van der Waals surface area contributed by atoms with E-state index < -0.39 is 5.97 Å². The first-order chi connectivity index (χ1) is 9.56. The Balaban J connectivity index is 2.46. The van der Waals surface area contributed by atoms with Crippen molar-refractivity contribution in [3.8, 4) is 11.5 Å². The van der Waals surface area contributed by atoms with Gasteiger partial charge in [0.1, 0.15) is 5.69 Å². The Morgan fingerprint density at radius 1 is 1.40 bits per heavy atom. The van der Waals surface area contributed by atoms with Crippen LogP contribution < -0.4 is 0 Å². The van der Waals surface area contributed by atoms with Crippen molar-refractivity contribution in [2.75, 3.05) is 14.2 Å². The molecule has 0 amide bonds. The molecular weight excluding hydrogens is 282 g/mol. The number of rotatable bonds is 4. The average Bonchev–Trinajstić information content (AvgIpc) is 2.85. The van der Waals surface area contributed by atoms with E-state index in [4.69, 9.17) is 20.8 Å². The number of nitrogens with zero attached hydrogens (tertiary/aromatic N) is 1.